The Kier molecular flexibility index (Phi) is 11.5. The van der Waals surface area contributed by atoms with Crippen molar-refractivity contribution in [1.82, 2.24) is 25.3 Å². The highest BCUT2D eigenvalue weighted by Gasteiger charge is 2.31. The van der Waals surface area contributed by atoms with Gasteiger partial charge in [0.25, 0.3) is 0 Å². The Morgan fingerprint density at radius 1 is 1.09 bits per heavy atom. The van der Waals surface area contributed by atoms with Gasteiger partial charge in [-0.05, 0) is 54.7 Å². The third-order valence-electron chi connectivity index (χ3n) is 6.55. The molecule has 0 fully saturated rings. The van der Waals surface area contributed by atoms with E-state index in [0.29, 0.717) is 36.6 Å². The molecule has 4 rings (SSSR count). The highest BCUT2D eigenvalue weighted by atomic mass is 19.4. The van der Waals surface area contributed by atoms with Gasteiger partial charge in [0, 0.05) is 38.4 Å². The lowest BCUT2D eigenvalue weighted by molar-refractivity contribution is -0.137. The highest BCUT2D eigenvalue weighted by molar-refractivity contribution is 5.70. The summed E-state index contributed by atoms with van der Waals surface area (Å²) < 4.78 is 62.6. The van der Waals surface area contributed by atoms with Gasteiger partial charge in [-0.25, -0.2) is 9.78 Å². The maximum absolute atomic E-state index is 13.2. The summed E-state index contributed by atoms with van der Waals surface area (Å²) in [6.07, 6.45) is 2.93. The van der Waals surface area contributed by atoms with Crippen LogP contribution in [0.4, 0.5) is 18.0 Å². The molecule has 0 aliphatic heterocycles. The van der Waals surface area contributed by atoms with E-state index >= 15 is 0 Å². The monoisotopic (exact) mass is 613 g/mol. The Morgan fingerprint density at radius 2 is 1.91 bits per heavy atom. The molecule has 1 N–H and O–H groups in total. The van der Waals surface area contributed by atoms with E-state index < -0.39 is 17.8 Å². The van der Waals surface area contributed by atoms with E-state index in [4.69, 9.17) is 18.6 Å². The zero-order valence-corrected chi connectivity index (χ0v) is 24.3. The van der Waals surface area contributed by atoms with Gasteiger partial charge in [0.15, 0.2) is 0 Å². The molecule has 0 bridgehead atoms. The number of methoxy groups -OCH3 is 1. The summed E-state index contributed by atoms with van der Waals surface area (Å²) >= 11 is 0. The number of carbonyl (C=O) groups excluding carboxylic acids is 1. The van der Waals surface area contributed by atoms with Gasteiger partial charge in [-0.1, -0.05) is 36.1 Å². The molecule has 0 radical (unpaired) electrons. The van der Waals surface area contributed by atoms with Crippen molar-refractivity contribution >= 4 is 12.2 Å². The number of hydrogen-bond acceptors (Lipinski definition) is 8. The number of rotatable bonds is 16. The summed E-state index contributed by atoms with van der Waals surface area (Å²) in [6.45, 7) is 5.51. The number of carbonyl (C=O) groups is 1. The number of nitrogens with one attached hydrogen (secondary N) is 1. The largest absolute Gasteiger partial charge is 0.487 e. The second-order valence-corrected chi connectivity index (χ2v) is 9.82. The molecule has 1 amide bonds. The van der Waals surface area contributed by atoms with E-state index in [0.717, 1.165) is 49.2 Å². The molecular weight excluding hydrogens is 579 g/mol. The molecule has 0 saturated carbocycles. The van der Waals surface area contributed by atoms with Crippen LogP contribution in [0.5, 0.6) is 5.75 Å². The fourth-order valence-electron chi connectivity index (χ4n) is 4.22. The van der Waals surface area contributed by atoms with Crippen molar-refractivity contribution in [3.05, 3.63) is 89.6 Å². The average Bonchev–Trinajstić information content (AvgIpc) is 3.68. The fourth-order valence-corrected chi connectivity index (χ4v) is 4.22. The number of alkyl carbamates (subject to hydrolysis) is 1. The van der Waals surface area contributed by atoms with E-state index in [-0.39, 0.29) is 24.7 Å². The minimum absolute atomic E-state index is 0.0644. The maximum atomic E-state index is 13.2. The summed E-state index contributed by atoms with van der Waals surface area (Å²) in [6, 6.07) is 11.0. The number of hydrogen-bond donors (Lipinski definition) is 1. The predicted octanol–water partition coefficient (Wildman–Crippen LogP) is 6.11. The standard InChI is InChI=1S/C31H34F3N5O5/c1-3-23-9-10-24(31(32,33)34)18-28(23)29-36-26(21-44-29)20-43-27-11-7-22(8-12-27)6-4-5-15-39-19-25(37-38-39)13-16-42-30(40)35-14-17-41-2/h3,7-12,18-19,21H,1,4-6,13-17,20H2,2H3,(H,35,40). The maximum Gasteiger partial charge on any atom is 0.416 e. The van der Waals surface area contributed by atoms with Crippen LogP contribution < -0.4 is 10.1 Å². The number of aryl methyl sites for hydroxylation is 2. The van der Waals surface area contributed by atoms with Crippen molar-refractivity contribution in [3.63, 3.8) is 0 Å². The summed E-state index contributed by atoms with van der Waals surface area (Å²) in [5.41, 5.74) is 2.26. The topological polar surface area (TPSA) is 114 Å². The predicted molar refractivity (Wildman–Crippen MR) is 156 cm³/mol. The number of oxazole rings is 1. The third-order valence-corrected chi connectivity index (χ3v) is 6.55. The van der Waals surface area contributed by atoms with E-state index in [9.17, 15) is 18.0 Å². The number of nitrogens with zero attached hydrogens (tertiary/aromatic N) is 4. The number of amides is 1. The zero-order chi connectivity index (χ0) is 31.4. The van der Waals surface area contributed by atoms with Crippen molar-refractivity contribution in [3.8, 4) is 17.2 Å². The second-order valence-electron chi connectivity index (χ2n) is 9.82. The first-order chi connectivity index (χ1) is 21.2. The molecule has 234 valence electrons. The Hall–Kier alpha value is -4.65. The highest BCUT2D eigenvalue weighted by Crippen LogP contribution is 2.34. The van der Waals surface area contributed by atoms with E-state index in [1.807, 2.05) is 30.5 Å². The molecule has 2 aromatic heterocycles. The molecule has 4 aromatic rings. The first kappa shape index (κ1) is 32.3. The van der Waals surface area contributed by atoms with Crippen LogP contribution in [-0.2, 0) is 41.6 Å². The summed E-state index contributed by atoms with van der Waals surface area (Å²) in [7, 11) is 1.56. The number of unbranched alkanes of at least 4 members (excludes halogenated alkanes) is 1. The van der Waals surface area contributed by atoms with Crippen LogP contribution in [0.1, 0.15) is 40.9 Å². The Balaban J connectivity index is 1.17. The minimum atomic E-state index is -4.48. The third kappa shape index (κ3) is 9.69. The van der Waals surface area contributed by atoms with Crippen LogP contribution in [0.25, 0.3) is 17.5 Å². The summed E-state index contributed by atoms with van der Waals surface area (Å²) in [5, 5.41) is 10.8. The number of alkyl halides is 3. The SMILES string of the molecule is C=Cc1ccc(C(F)(F)F)cc1-c1nc(COc2ccc(CCCCn3cc(CCOC(=O)NCCOC)nn3)cc2)co1. The molecule has 0 atom stereocenters. The number of halogens is 3. The second kappa shape index (κ2) is 15.7. The van der Waals surface area contributed by atoms with E-state index in [2.05, 4.69) is 27.2 Å². The molecule has 0 aliphatic rings. The van der Waals surface area contributed by atoms with E-state index in [1.54, 1.807) is 11.8 Å². The molecular formula is C31H34F3N5O5. The van der Waals surface area contributed by atoms with Gasteiger partial charge in [-0.2, -0.15) is 13.2 Å². The van der Waals surface area contributed by atoms with Gasteiger partial charge >= 0.3 is 12.3 Å². The average molecular weight is 614 g/mol. The molecule has 0 saturated heterocycles. The molecule has 0 spiro atoms. The zero-order valence-electron chi connectivity index (χ0n) is 24.3. The van der Waals surface area contributed by atoms with Gasteiger partial charge in [0.1, 0.15) is 24.3 Å². The fraction of sp³-hybridized carbons (Fsp3) is 0.355. The van der Waals surface area contributed by atoms with Gasteiger partial charge in [0.2, 0.25) is 5.89 Å². The van der Waals surface area contributed by atoms with Crippen molar-refractivity contribution in [2.75, 3.05) is 26.9 Å². The molecule has 10 nitrogen and oxygen atoms in total. The lowest BCUT2D eigenvalue weighted by atomic mass is 10.0. The van der Waals surface area contributed by atoms with Crippen molar-refractivity contribution in [2.45, 2.75) is 45.0 Å². The first-order valence-corrected chi connectivity index (χ1v) is 14.0. The molecule has 2 heterocycles. The minimum Gasteiger partial charge on any atom is -0.487 e. The summed E-state index contributed by atoms with van der Waals surface area (Å²) in [4.78, 5) is 15.8. The molecule has 2 aromatic carbocycles. The Morgan fingerprint density at radius 3 is 2.66 bits per heavy atom. The van der Waals surface area contributed by atoms with Gasteiger partial charge < -0.3 is 23.9 Å². The van der Waals surface area contributed by atoms with Gasteiger partial charge in [-0.15, -0.1) is 5.10 Å². The number of ether oxygens (including phenoxy) is 3. The van der Waals surface area contributed by atoms with Crippen LogP contribution in [-0.4, -0.2) is 52.9 Å². The van der Waals surface area contributed by atoms with Gasteiger partial charge in [0.05, 0.1) is 24.5 Å². The van der Waals surface area contributed by atoms with E-state index in [1.165, 1.54) is 18.4 Å². The quantitative estimate of drug-likeness (QED) is 0.151. The van der Waals surface area contributed by atoms with Crippen LogP contribution in [0.3, 0.4) is 0 Å². The van der Waals surface area contributed by atoms with Crippen LogP contribution in [0.2, 0.25) is 0 Å². The first-order valence-electron chi connectivity index (χ1n) is 14.0. The normalized spacial score (nSPS) is 11.4. The van der Waals surface area contributed by atoms with Crippen molar-refractivity contribution in [2.24, 2.45) is 0 Å². The lowest BCUT2D eigenvalue weighted by Crippen LogP contribution is -2.28. The van der Waals surface area contributed by atoms with Crippen LogP contribution >= 0.6 is 0 Å². The smallest absolute Gasteiger partial charge is 0.416 e. The number of benzene rings is 2. The van der Waals surface area contributed by atoms with Crippen LogP contribution in [0.15, 0.2) is 65.9 Å². The molecule has 44 heavy (non-hydrogen) atoms. The number of aromatic nitrogens is 4. The summed E-state index contributed by atoms with van der Waals surface area (Å²) in [5.74, 6) is 0.699. The Labute approximate surface area is 252 Å². The van der Waals surface area contributed by atoms with Crippen molar-refractivity contribution in [1.29, 1.82) is 0 Å². The molecule has 13 heteroatoms. The lowest BCUT2D eigenvalue weighted by Gasteiger charge is -2.09. The van der Waals surface area contributed by atoms with Crippen molar-refractivity contribution < 1.29 is 36.6 Å². The Bertz CT molecular complexity index is 1500. The molecule has 0 unspecified atom stereocenters. The van der Waals surface area contributed by atoms with Gasteiger partial charge in [-0.3, -0.25) is 4.68 Å². The van der Waals surface area contributed by atoms with Crippen LogP contribution in [0, 0.1) is 0 Å². The molecule has 0 aliphatic carbocycles.